The van der Waals surface area contributed by atoms with Gasteiger partial charge in [-0.1, -0.05) is 19.8 Å². The molecule has 0 aromatic heterocycles. The molecule has 2 saturated carbocycles. The van der Waals surface area contributed by atoms with Crippen LogP contribution in [0, 0.1) is 17.8 Å². The number of hydrogen-bond acceptors (Lipinski definition) is 1. The van der Waals surface area contributed by atoms with Crippen LogP contribution in [0.5, 0.6) is 0 Å². The molecule has 0 aromatic carbocycles. The number of fused-ring (bicyclic) bond motifs is 1. The molecule has 0 radical (unpaired) electrons. The summed E-state index contributed by atoms with van der Waals surface area (Å²) in [6.45, 7) is 2.33. The van der Waals surface area contributed by atoms with Crippen molar-refractivity contribution in [2.75, 3.05) is 0 Å². The second kappa shape index (κ2) is 3.20. The molecule has 0 saturated heterocycles. The first-order chi connectivity index (χ1) is 5.79. The van der Waals surface area contributed by atoms with Crippen LogP contribution in [0.1, 0.15) is 45.4 Å². The van der Waals surface area contributed by atoms with E-state index in [0.717, 1.165) is 24.7 Å². The first kappa shape index (κ1) is 8.28. The highest BCUT2D eigenvalue weighted by atomic mass is 16.1. The fourth-order valence-electron chi connectivity index (χ4n) is 3.01. The maximum atomic E-state index is 11.6. The van der Waals surface area contributed by atoms with E-state index in [1.54, 1.807) is 0 Å². The second-order valence-corrected chi connectivity index (χ2v) is 4.54. The molecule has 2 aliphatic rings. The van der Waals surface area contributed by atoms with Crippen molar-refractivity contribution in [2.45, 2.75) is 45.4 Å². The molecule has 0 spiro atoms. The highest BCUT2D eigenvalue weighted by molar-refractivity contribution is 5.82. The molecule has 1 nitrogen and oxygen atoms in total. The maximum absolute atomic E-state index is 11.6. The monoisotopic (exact) mass is 166 g/mol. The molecule has 68 valence electrons. The largest absolute Gasteiger partial charge is 0.299 e. The molecule has 0 aliphatic heterocycles. The van der Waals surface area contributed by atoms with E-state index in [9.17, 15) is 4.79 Å². The Bertz CT molecular complexity index is 185. The van der Waals surface area contributed by atoms with Gasteiger partial charge in [-0.25, -0.2) is 0 Å². The average Bonchev–Trinajstić information content (AvgIpc) is 2.12. The number of carbonyl (C=O) groups is 1. The fourth-order valence-corrected chi connectivity index (χ4v) is 3.01. The summed E-state index contributed by atoms with van der Waals surface area (Å²) in [5, 5.41) is 0. The van der Waals surface area contributed by atoms with Crippen molar-refractivity contribution in [2.24, 2.45) is 17.8 Å². The zero-order valence-corrected chi connectivity index (χ0v) is 7.88. The minimum absolute atomic E-state index is 0.461. The van der Waals surface area contributed by atoms with Crippen LogP contribution in [0.25, 0.3) is 0 Å². The molecule has 0 unspecified atom stereocenters. The van der Waals surface area contributed by atoms with Gasteiger partial charge in [-0.3, -0.25) is 4.79 Å². The molecule has 12 heavy (non-hydrogen) atoms. The predicted molar refractivity (Wildman–Crippen MR) is 48.9 cm³/mol. The molecule has 2 aliphatic carbocycles. The number of hydrogen-bond donors (Lipinski definition) is 0. The van der Waals surface area contributed by atoms with Crippen molar-refractivity contribution in [3.05, 3.63) is 0 Å². The summed E-state index contributed by atoms with van der Waals surface area (Å²) in [6.07, 6.45) is 7.17. The van der Waals surface area contributed by atoms with Gasteiger partial charge in [-0.15, -0.1) is 0 Å². The Morgan fingerprint density at radius 2 is 1.92 bits per heavy atom. The van der Waals surface area contributed by atoms with E-state index in [4.69, 9.17) is 0 Å². The summed E-state index contributed by atoms with van der Waals surface area (Å²) in [5.41, 5.74) is 0. The molecule has 3 atom stereocenters. The molecule has 0 aromatic rings. The Kier molecular flexibility index (Phi) is 2.20. The minimum atomic E-state index is 0.461. The van der Waals surface area contributed by atoms with E-state index in [0.29, 0.717) is 11.7 Å². The molecule has 0 heterocycles. The van der Waals surface area contributed by atoms with Gasteiger partial charge in [0.25, 0.3) is 0 Å². The first-order valence-electron chi connectivity index (χ1n) is 5.32. The molecule has 2 fully saturated rings. The van der Waals surface area contributed by atoms with E-state index in [1.165, 1.54) is 25.7 Å². The standard InChI is InChI=1S/C11H18O/c1-8-6-7-11(12)10-5-3-2-4-9(8)10/h8-10H,2-7H2,1H3/t8-,9+,10-/m0/s1. The fraction of sp³-hybridized carbons (Fsp3) is 0.909. The quantitative estimate of drug-likeness (QED) is 0.541. The van der Waals surface area contributed by atoms with Crippen molar-refractivity contribution in [3.63, 3.8) is 0 Å². The van der Waals surface area contributed by atoms with Crippen LogP contribution in [0.2, 0.25) is 0 Å². The van der Waals surface area contributed by atoms with Crippen LogP contribution >= 0.6 is 0 Å². The SMILES string of the molecule is C[C@H]1CCC(=O)[C@H]2CCCC[C@@H]21. The van der Waals surface area contributed by atoms with Crippen LogP contribution in [-0.4, -0.2) is 5.78 Å². The Balaban J connectivity index is 2.11. The summed E-state index contributed by atoms with van der Waals surface area (Å²) in [5.74, 6) is 2.59. The van der Waals surface area contributed by atoms with E-state index in [2.05, 4.69) is 6.92 Å². The number of ketones is 1. The van der Waals surface area contributed by atoms with Gasteiger partial charge in [-0.2, -0.15) is 0 Å². The third-order valence-corrected chi connectivity index (χ3v) is 3.81. The van der Waals surface area contributed by atoms with Gasteiger partial charge < -0.3 is 0 Å². The van der Waals surface area contributed by atoms with Crippen molar-refractivity contribution in [3.8, 4) is 0 Å². The van der Waals surface area contributed by atoms with Crippen LogP contribution in [-0.2, 0) is 4.79 Å². The molecule has 0 bridgehead atoms. The Hall–Kier alpha value is -0.330. The molecule has 0 N–H and O–H groups in total. The van der Waals surface area contributed by atoms with E-state index in [-0.39, 0.29) is 0 Å². The highest BCUT2D eigenvalue weighted by Crippen LogP contribution is 2.41. The zero-order valence-electron chi connectivity index (χ0n) is 7.88. The van der Waals surface area contributed by atoms with Crippen LogP contribution in [0.15, 0.2) is 0 Å². The predicted octanol–water partition coefficient (Wildman–Crippen LogP) is 2.79. The summed E-state index contributed by atoms with van der Waals surface area (Å²) in [4.78, 5) is 11.6. The Morgan fingerprint density at radius 3 is 2.67 bits per heavy atom. The maximum Gasteiger partial charge on any atom is 0.136 e. The lowest BCUT2D eigenvalue weighted by molar-refractivity contribution is -0.129. The van der Waals surface area contributed by atoms with Gasteiger partial charge in [-0.05, 0) is 31.1 Å². The number of Topliss-reactive ketones (excluding diaryl/α,β-unsaturated/α-hetero) is 1. The van der Waals surface area contributed by atoms with Crippen molar-refractivity contribution in [1.82, 2.24) is 0 Å². The smallest absolute Gasteiger partial charge is 0.136 e. The molecular formula is C11H18O. The van der Waals surface area contributed by atoms with Crippen molar-refractivity contribution < 1.29 is 4.79 Å². The zero-order chi connectivity index (χ0) is 8.55. The van der Waals surface area contributed by atoms with Gasteiger partial charge in [0.05, 0.1) is 0 Å². The molecule has 0 amide bonds. The van der Waals surface area contributed by atoms with Crippen molar-refractivity contribution in [1.29, 1.82) is 0 Å². The lowest BCUT2D eigenvalue weighted by atomic mass is 9.65. The Labute approximate surface area is 74.5 Å². The first-order valence-corrected chi connectivity index (χ1v) is 5.32. The van der Waals surface area contributed by atoms with E-state index >= 15 is 0 Å². The van der Waals surface area contributed by atoms with Gasteiger partial charge in [0.2, 0.25) is 0 Å². The normalized spacial score (nSPS) is 42.4. The van der Waals surface area contributed by atoms with Crippen LogP contribution < -0.4 is 0 Å². The van der Waals surface area contributed by atoms with E-state index < -0.39 is 0 Å². The van der Waals surface area contributed by atoms with E-state index in [1.807, 2.05) is 0 Å². The lowest BCUT2D eigenvalue weighted by Gasteiger charge is -2.38. The summed E-state index contributed by atoms with van der Waals surface area (Å²) in [7, 11) is 0. The Morgan fingerprint density at radius 1 is 1.17 bits per heavy atom. The summed E-state index contributed by atoms with van der Waals surface area (Å²) < 4.78 is 0. The molecular weight excluding hydrogens is 148 g/mol. The second-order valence-electron chi connectivity index (χ2n) is 4.54. The number of carbonyl (C=O) groups excluding carboxylic acids is 1. The highest BCUT2D eigenvalue weighted by Gasteiger charge is 2.37. The third kappa shape index (κ3) is 1.30. The van der Waals surface area contributed by atoms with Gasteiger partial charge in [0, 0.05) is 12.3 Å². The number of rotatable bonds is 0. The lowest BCUT2D eigenvalue weighted by Crippen LogP contribution is -2.35. The van der Waals surface area contributed by atoms with Crippen LogP contribution in [0.3, 0.4) is 0 Å². The third-order valence-electron chi connectivity index (χ3n) is 3.81. The molecule has 2 rings (SSSR count). The van der Waals surface area contributed by atoms with Crippen LogP contribution in [0.4, 0.5) is 0 Å². The topological polar surface area (TPSA) is 17.1 Å². The van der Waals surface area contributed by atoms with Gasteiger partial charge >= 0.3 is 0 Å². The summed E-state index contributed by atoms with van der Waals surface area (Å²) in [6, 6.07) is 0. The average molecular weight is 166 g/mol. The van der Waals surface area contributed by atoms with Crippen molar-refractivity contribution >= 4 is 5.78 Å². The molecule has 1 heteroatoms. The van der Waals surface area contributed by atoms with Gasteiger partial charge in [0.1, 0.15) is 5.78 Å². The summed E-state index contributed by atoms with van der Waals surface area (Å²) >= 11 is 0. The minimum Gasteiger partial charge on any atom is -0.299 e. The van der Waals surface area contributed by atoms with Gasteiger partial charge in [0.15, 0.2) is 0 Å².